The second-order valence-corrected chi connectivity index (χ2v) is 3.94. The molecule has 1 heteroatoms. The van der Waals surface area contributed by atoms with E-state index in [4.69, 9.17) is 12.7 Å². The largest absolute Gasteiger partial charge is 0.330 e. The van der Waals surface area contributed by atoms with E-state index in [1.807, 2.05) is 0 Å². The van der Waals surface area contributed by atoms with Gasteiger partial charge in [-0.25, -0.2) is 0 Å². The maximum atomic E-state index is 6.06. The molecule has 2 aliphatic rings. The van der Waals surface area contributed by atoms with Gasteiger partial charge in [-0.3, -0.25) is 0 Å². The van der Waals surface area contributed by atoms with Crippen LogP contribution >= 0.6 is 0 Å². The van der Waals surface area contributed by atoms with E-state index in [2.05, 4.69) is 0 Å². The molecule has 0 amide bonds. The molecule has 2 fully saturated rings. The summed E-state index contributed by atoms with van der Waals surface area (Å²) in [5.74, 6) is 1.71. The monoisotopic (exact) mass is 137 g/mol. The van der Waals surface area contributed by atoms with Gasteiger partial charge < -0.3 is 5.73 Å². The minimum atomic E-state index is 0.0428. The highest BCUT2D eigenvalue weighted by Crippen LogP contribution is 2.57. The van der Waals surface area contributed by atoms with E-state index < -0.39 is 0 Å². The summed E-state index contributed by atoms with van der Waals surface area (Å²) in [5.41, 5.74) is 5.64. The lowest BCUT2D eigenvalue weighted by Crippen LogP contribution is -2.48. The number of nitrogens with two attached hydrogens (primary N) is 1. The molecule has 2 aliphatic carbocycles. The molecular formula is C9H15N. The number of fused-ring (bicyclic) bond motifs is 1. The van der Waals surface area contributed by atoms with Crippen molar-refractivity contribution in [2.75, 3.05) is 6.54 Å². The Kier molecular flexibility index (Phi) is 1.31. The molecule has 2 rings (SSSR count). The normalized spacial score (nSPS) is 52.2. The summed E-state index contributed by atoms with van der Waals surface area (Å²) in [6.07, 6.45) is 5.31. The van der Waals surface area contributed by atoms with E-state index in [9.17, 15) is 0 Å². The van der Waals surface area contributed by atoms with Gasteiger partial charge in [-0.05, 0) is 43.6 Å². The maximum Gasteiger partial charge on any atom is -0.00148 e. The van der Waals surface area contributed by atoms with Crippen molar-refractivity contribution < 1.29 is 0 Å². The van der Waals surface area contributed by atoms with Gasteiger partial charge in [0, 0.05) is 0 Å². The van der Waals surface area contributed by atoms with Crippen LogP contribution in [0.5, 0.6) is 0 Å². The van der Waals surface area contributed by atoms with Gasteiger partial charge in [0.05, 0.1) is 0 Å². The van der Waals surface area contributed by atoms with Crippen molar-refractivity contribution >= 4 is 0 Å². The fourth-order valence-corrected chi connectivity index (χ4v) is 2.75. The second-order valence-electron chi connectivity index (χ2n) is 3.94. The molecule has 56 valence electrons. The van der Waals surface area contributed by atoms with Gasteiger partial charge in [-0.1, -0.05) is 12.8 Å². The summed E-state index contributed by atoms with van der Waals surface area (Å²) in [6.45, 7) is 6.75. The molecule has 0 aromatic heterocycles. The molecule has 0 heterocycles. The summed E-state index contributed by atoms with van der Waals surface area (Å²) in [5, 5.41) is 0. The summed E-state index contributed by atoms with van der Waals surface area (Å²) in [6, 6.07) is 0. The van der Waals surface area contributed by atoms with E-state index in [1.54, 1.807) is 0 Å². The van der Waals surface area contributed by atoms with E-state index in [-0.39, 0.29) is 5.41 Å². The van der Waals surface area contributed by atoms with Gasteiger partial charge in [0.15, 0.2) is 0 Å². The number of hydrogen-bond donors (Lipinski definition) is 1. The third-order valence-corrected chi connectivity index (χ3v) is 3.42. The molecular weight excluding hydrogens is 122 g/mol. The van der Waals surface area contributed by atoms with E-state index in [0.29, 0.717) is 6.54 Å². The Hall–Kier alpha value is -0.0400. The Bertz CT molecular complexity index is 144. The Labute approximate surface area is 63.0 Å². The van der Waals surface area contributed by atoms with Crippen molar-refractivity contribution in [3.63, 3.8) is 0 Å². The Morgan fingerprint density at radius 1 is 1.50 bits per heavy atom. The van der Waals surface area contributed by atoms with Crippen molar-refractivity contribution in [3.8, 4) is 0 Å². The van der Waals surface area contributed by atoms with Crippen molar-refractivity contribution in [2.24, 2.45) is 23.0 Å². The van der Waals surface area contributed by atoms with Crippen molar-refractivity contribution in [1.82, 2.24) is 0 Å². The Morgan fingerprint density at radius 2 is 2.30 bits per heavy atom. The molecule has 3 atom stereocenters. The van der Waals surface area contributed by atoms with Gasteiger partial charge >= 0.3 is 0 Å². The lowest BCUT2D eigenvalue weighted by molar-refractivity contribution is 0.0311. The Morgan fingerprint density at radius 3 is 2.90 bits per heavy atom. The molecule has 2 radical (unpaired) electrons. The summed E-state index contributed by atoms with van der Waals surface area (Å²) < 4.78 is 0. The lowest BCUT2D eigenvalue weighted by Gasteiger charge is -2.49. The molecule has 2 saturated carbocycles. The van der Waals surface area contributed by atoms with E-state index in [1.165, 1.54) is 25.7 Å². The third-order valence-electron chi connectivity index (χ3n) is 3.42. The molecule has 0 bridgehead atoms. The van der Waals surface area contributed by atoms with Crippen LogP contribution in [0, 0.1) is 24.2 Å². The quantitative estimate of drug-likeness (QED) is 0.581. The van der Waals surface area contributed by atoms with Gasteiger partial charge in [0.2, 0.25) is 0 Å². The molecule has 0 saturated heterocycles. The zero-order valence-corrected chi connectivity index (χ0v) is 6.34. The van der Waals surface area contributed by atoms with Gasteiger partial charge in [-0.15, -0.1) is 0 Å². The fourth-order valence-electron chi connectivity index (χ4n) is 2.75. The standard InChI is InChI=1S/C9H15N/c1-9(6-10)5-7-3-2-4-8(7)9/h1,7-8H,2-6,10H2/t7-,8-,9+/m1/s1. The summed E-state index contributed by atoms with van der Waals surface area (Å²) >= 11 is 0. The predicted molar refractivity (Wildman–Crippen MR) is 41.2 cm³/mol. The van der Waals surface area contributed by atoms with Crippen molar-refractivity contribution in [3.05, 3.63) is 6.92 Å². The SMILES string of the molecule is [CH][C@@]1(CN)C[C@H]2CCC[C@H]21. The van der Waals surface area contributed by atoms with Crippen LogP contribution < -0.4 is 5.73 Å². The summed E-state index contributed by atoms with van der Waals surface area (Å²) in [7, 11) is 0. The molecule has 0 unspecified atom stereocenters. The number of hydrogen-bond acceptors (Lipinski definition) is 1. The highest BCUT2D eigenvalue weighted by atomic mass is 14.7. The van der Waals surface area contributed by atoms with Crippen LogP contribution in [0.15, 0.2) is 0 Å². The van der Waals surface area contributed by atoms with Crippen LogP contribution in [0.2, 0.25) is 0 Å². The highest BCUT2D eigenvalue weighted by Gasteiger charge is 2.51. The van der Waals surface area contributed by atoms with Crippen LogP contribution in [-0.2, 0) is 0 Å². The molecule has 2 N–H and O–H groups in total. The topological polar surface area (TPSA) is 26.0 Å². The van der Waals surface area contributed by atoms with Crippen LogP contribution in [-0.4, -0.2) is 6.54 Å². The van der Waals surface area contributed by atoms with Crippen molar-refractivity contribution in [2.45, 2.75) is 25.7 Å². The first kappa shape index (κ1) is 6.66. The Balaban J connectivity index is 2.05. The van der Waals surface area contributed by atoms with Gasteiger partial charge in [0.1, 0.15) is 0 Å². The zero-order valence-electron chi connectivity index (χ0n) is 6.34. The van der Waals surface area contributed by atoms with Gasteiger partial charge in [0.25, 0.3) is 0 Å². The van der Waals surface area contributed by atoms with Crippen LogP contribution in [0.25, 0.3) is 0 Å². The molecule has 0 aromatic carbocycles. The fraction of sp³-hybridized carbons (Fsp3) is 0.889. The van der Waals surface area contributed by atoms with Crippen LogP contribution in [0.3, 0.4) is 0 Å². The third kappa shape index (κ3) is 0.672. The average molecular weight is 137 g/mol. The first-order valence-corrected chi connectivity index (χ1v) is 4.25. The lowest BCUT2D eigenvalue weighted by atomic mass is 9.56. The predicted octanol–water partition coefficient (Wildman–Crippen LogP) is 1.46. The maximum absolute atomic E-state index is 6.06. The first-order valence-electron chi connectivity index (χ1n) is 4.25. The van der Waals surface area contributed by atoms with Gasteiger partial charge in [-0.2, -0.15) is 0 Å². The minimum Gasteiger partial charge on any atom is -0.330 e. The van der Waals surface area contributed by atoms with E-state index >= 15 is 0 Å². The number of rotatable bonds is 1. The van der Waals surface area contributed by atoms with Crippen LogP contribution in [0.1, 0.15) is 25.7 Å². The minimum absolute atomic E-state index is 0.0428. The van der Waals surface area contributed by atoms with Crippen molar-refractivity contribution in [1.29, 1.82) is 0 Å². The average Bonchev–Trinajstić information content (AvgIpc) is 2.30. The summed E-state index contributed by atoms with van der Waals surface area (Å²) in [4.78, 5) is 0. The highest BCUT2D eigenvalue weighted by molar-refractivity contribution is 5.05. The molecule has 10 heavy (non-hydrogen) atoms. The zero-order chi connectivity index (χ0) is 7.19. The smallest absolute Gasteiger partial charge is 0.00148 e. The molecule has 0 aliphatic heterocycles. The molecule has 0 aromatic rings. The molecule has 0 spiro atoms. The first-order chi connectivity index (χ1) is 4.76. The molecule has 1 nitrogen and oxygen atoms in total. The van der Waals surface area contributed by atoms with Crippen LogP contribution in [0.4, 0.5) is 0 Å². The second kappa shape index (κ2) is 1.97. The van der Waals surface area contributed by atoms with E-state index in [0.717, 1.165) is 11.8 Å².